The van der Waals surface area contributed by atoms with Crippen molar-refractivity contribution >= 4 is 0 Å². The highest BCUT2D eigenvalue weighted by Gasteiger charge is 2.08. The Hall–Kier alpha value is -2.31. The van der Waals surface area contributed by atoms with Crippen LogP contribution >= 0.6 is 0 Å². The van der Waals surface area contributed by atoms with Crippen molar-refractivity contribution in [1.29, 1.82) is 5.26 Å². The molecule has 108 valence electrons. The maximum absolute atomic E-state index is 8.99. The molecule has 0 unspecified atom stereocenters. The summed E-state index contributed by atoms with van der Waals surface area (Å²) in [7, 11) is 1.59. The van der Waals surface area contributed by atoms with Crippen LogP contribution in [0.5, 0.6) is 5.75 Å². The van der Waals surface area contributed by atoms with Crippen LogP contribution in [0.4, 0.5) is 0 Å². The van der Waals surface area contributed by atoms with Crippen molar-refractivity contribution in [1.82, 2.24) is 5.32 Å². The summed E-state index contributed by atoms with van der Waals surface area (Å²) in [5.41, 5.74) is 4.26. The number of rotatable bonds is 5. The summed E-state index contributed by atoms with van der Waals surface area (Å²) in [6.07, 6.45) is 0. The van der Waals surface area contributed by atoms with Crippen molar-refractivity contribution in [2.24, 2.45) is 0 Å². The molecule has 2 aromatic carbocycles. The molecule has 0 aromatic heterocycles. The smallest absolute Gasteiger partial charge is 0.136 e. The van der Waals surface area contributed by atoms with Gasteiger partial charge in [0.25, 0.3) is 0 Å². The predicted octanol–water partition coefficient (Wildman–Crippen LogP) is 3.73. The molecule has 0 radical (unpaired) electrons. The normalized spacial score (nSPS) is 11.7. The summed E-state index contributed by atoms with van der Waals surface area (Å²) in [5.74, 6) is 0.625. The maximum atomic E-state index is 8.99. The van der Waals surface area contributed by atoms with Gasteiger partial charge in [0.15, 0.2) is 0 Å². The minimum atomic E-state index is 0.271. The molecule has 0 aliphatic carbocycles. The Morgan fingerprint density at radius 3 is 2.67 bits per heavy atom. The highest BCUT2D eigenvalue weighted by Crippen LogP contribution is 2.21. The van der Waals surface area contributed by atoms with Crippen LogP contribution in [0.15, 0.2) is 42.5 Å². The molecular formula is C18H20N2O. The summed E-state index contributed by atoms with van der Waals surface area (Å²) < 4.78 is 5.24. The van der Waals surface area contributed by atoms with E-state index in [1.165, 1.54) is 11.1 Å². The molecule has 0 amide bonds. The van der Waals surface area contributed by atoms with E-state index in [9.17, 15) is 0 Å². The van der Waals surface area contributed by atoms with Crippen molar-refractivity contribution in [2.45, 2.75) is 26.4 Å². The van der Waals surface area contributed by atoms with Crippen LogP contribution in [0.1, 0.15) is 35.2 Å². The first kappa shape index (κ1) is 15.1. The third kappa shape index (κ3) is 3.62. The summed E-state index contributed by atoms with van der Waals surface area (Å²) >= 11 is 0. The number of methoxy groups -OCH3 is 1. The van der Waals surface area contributed by atoms with Crippen molar-refractivity contribution in [3.8, 4) is 11.8 Å². The Morgan fingerprint density at radius 1 is 1.24 bits per heavy atom. The molecule has 21 heavy (non-hydrogen) atoms. The topological polar surface area (TPSA) is 45.0 Å². The lowest BCUT2D eigenvalue weighted by Crippen LogP contribution is -2.18. The Morgan fingerprint density at radius 2 is 2.00 bits per heavy atom. The molecule has 0 heterocycles. The van der Waals surface area contributed by atoms with E-state index < -0.39 is 0 Å². The van der Waals surface area contributed by atoms with Gasteiger partial charge >= 0.3 is 0 Å². The van der Waals surface area contributed by atoms with Crippen molar-refractivity contribution in [2.75, 3.05) is 7.11 Å². The Balaban J connectivity index is 2.07. The largest absolute Gasteiger partial charge is 0.495 e. The van der Waals surface area contributed by atoms with E-state index in [1.54, 1.807) is 13.2 Å². The quantitative estimate of drug-likeness (QED) is 0.907. The minimum Gasteiger partial charge on any atom is -0.495 e. The van der Waals surface area contributed by atoms with Gasteiger partial charge in [-0.3, -0.25) is 0 Å². The van der Waals surface area contributed by atoms with Crippen LogP contribution < -0.4 is 10.1 Å². The monoisotopic (exact) mass is 280 g/mol. The van der Waals surface area contributed by atoms with E-state index in [0.29, 0.717) is 11.3 Å². The molecule has 2 aromatic rings. The zero-order valence-electron chi connectivity index (χ0n) is 12.7. The molecule has 1 atom stereocenters. The first-order chi connectivity index (χ1) is 10.2. The summed E-state index contributed by atoms with van der Waals surface area (Å²) in [4.78, 5) is 0. The first-order valence-electron chi connectivity index (χ1n) is 7.01. The number of nitrogens with one attached hydrogen (secondary N) is 1. The van der Waals surface area contributed by atoms with Gasteiger partial charge in [-0.25, -0.2) is 0 Å². The van der Waals surface area contributed by atoms with Gasteiger partial charge in [-0.05, 0) is 42.7 Å². The molecular weight excluding hydrogens is 260 g/mol. The van der Waals surface area contributed by atoms with Gasteiger partial charge in [0.05, 0.1) is 12.7 Å². The van der Waals surface area contributed by atoms with E-state index >= 15 is 0 Å². The fraction of sp³-hybridized carbons (Fsp3) is 0.278. The molecule has 1 N–H and O–H groups in total. The highest BCUT2D eigenvalue weighted by atomic mass is 16.5. The minimum absolute atomic E-state index is 0.271. The highest BCUT2D eigenvalue weighted by molar-refractivity contribution is 5.45. The number of benzene rings is 2. The van der Waals surface area contributed by atoms with Gasteiger partial charge in [-0.2, -0.15) is 5.26 Å². The number of ether oxygens (including phenoxy) is 1. The van der Waals surface area contributed by atoms with E-state index in [2.05, 4.69) is 49.5 Å². The lowest BCUT2D eigenvalue weighted by molar-refractivity contribution is 0.412. The SMILES string of the molecule is COc1cc(CN[C@@H](C)c2ccccc2C)ccc1C#N. The van der Waals surface area contributed by atoms with E-state index in [0.717, 1.165) is 12.1 Å². The number of hydrogen-bond acceptors (Lipinski definition) is 3. The number of aryl methyl sites for hydroxylation is 1. The molecule has 0 fully saturated rings. The lowest BCUT2D eigenvalue weighted by atomic mass is 10.0. The fourth-order valence-corrected chi connectivity index (χ4v) is 2.39. The van der Waals surface area contributed by atoms with Gasteiger partial charge in [0, 0.05) is 12.6 Å². The van der Waals surface area contributed by atoms with Gasteiger partial charge in [0.1, 0.15) is 11.8 Å². The van der Waals surface area contributed by atoms with Crippen molar-refractivity contribution < 1.29 is 4.74 Å². The molecule has 3 nitrogen and oxygen atoms in total. The van der Waals surface area contributed by atoms with E-state index in [1.807, 2.05) is 12.1 Å². The summed E-state index contributed by atoms with van der Waals surface area (Å²) in [6, 6.07) is 16.4. The van der Waals surface area contributed by atoms with Gasteiger partial charge in [-0.15, -0.1) is 0 Å². The van der Waals surface area contributed by atoms with Gasteiger partial charge in [0.2, 0.25) is 0 Å². The van der Waals surface area contributed by atoms with E-state index in [4.69, 9.17) is 10.00 Å². The van der Waals surface area contributed by atoms with E-state index in [-0.39, 0.29) is 6.04 Å². The van der Waals surface area contributed by atoms with Crippen molar-refractivity contribution in [3.05, 3.63) is 64.7 Å². The van der Waals surface area contributed by atoms with Crippen molar-refractivity contribution in [3.63, 3.8) is 0 Å². The zero-order valence-corrected chi connectivity index (χ0v) is 12.7. The predicted molar refractivity (Wildman–Crippen MR) is 84.1 cm³/mol. The number of hydrogen-bond donors (Lipinski definition) is 1. The third-order valence-electron chi connectivity index (χ3n) is 3.65. The molecule has 2 rings (SSSR count). The third-order valence-corrected chi connectivity index (χ3v) is 3.65. The molecule has 0 spiro atoms. The molecule has 3 heteroatoms. The van der Waals surface area contributed by atoms with Gasteiger partial charge in [-0.1, -0.05) is 30.3 Å². The number of nitrogens with zero attached hydrogens (tertiary/aromatic N) is 1. The standard InChI is InChI=1S/C18H20N2O/c1-13-6-4-5-7-17(13)14(2)20-12-15-8-9-16(11-19)18(10-15)21-3/h4-10,14,20H,12H2,1-3H3/t14-/m0/s1. The van der Waals surface area contributed by atoms with Crippen LogP contribution in [0.25, 0.3) is 0 Å². The van der Waals surface area contributed by atoms with Crippen LogP contribution in [0.2, 0.25) is 0 Å². The second-order valence-electron chi connectivity index (χ2n) is 5.11. The van der Waals surface area contributed by atoms with Crippen LogP contribution in [0, 0.1) is 18.3 Å². The van der Waals surface area contributed by atoms with Crippen LogP contribution in [-0.4, -0.2) is 7.11 Å². The number of nitriles is 1. The molecule has 0 aliphatic rings. The average molecular weight is 280 g/mol. The second kappa shape index (κ2) is 6.92. The maximum Gasteiger partial charge on any atom is 0.136 e. The Kier molecular flexibility index (Phi) is 4.97. The zero-order chi connectivity index (χ0) is 15.2. The van der Waals surface area contributed by atoms with Crippen LogP contribution in [0.3, 0.4) is 0 Å². The molecule has 0 saturated carbocycles. The molecule has 0 bridgehead atoms. The van der Waals surface area contributed by atoms with Gasteiger partial charge < -0.3 is 10.1 Å². The second-order valence-corrected chi connectivity index (χ2v) is 5.11. The Labute approximate surface area is 126 Å². The lowest BCUT2D eigenvalue weighted by Gasteiger charge is -2.17. The van der Waals surface area contributed by atoms with Crippen LogP contribution in [-0.2, 0) is 6.54 Å². The fourth-order valence-electron chi connectivity index (χ4n) is 2.39. The summed E-state index contributed by atoms with van der Waals surface area (Å²) in [5, 5.41) is 12.5. The Bertz CT molecular complexity index is 659. The molecule has 0 saturated heterocycles. The average Bonchev–Trinajstić information content (AvgIpc) is 2.52. The summed E-state index contributed by atoms with van der Waals surface area (Å²) in [6.45, 7) is 5.01. The molecule has 0 aliphatic heterocycles. The first-order valence-corrected chi connectivity index (χ1v) is 7.01.